The van der Waals surface area contributed by atoms with Crippen LogP contribution in [0.25, 0.3) is 111 Å². The first-order valence-corrected chi connectivity index (χ1v) is 20.3. The van der Waals surface area contributed by atoms with Crippen molar-refractivity contribution in [3.63, 3.8) is 0 Å². The van der Waals surface area contributed by atoms with Gasteiger partial charge in [0.15, 0.2) is 17.5 Å². The Kier molecular flexibility index (Phi) is 8.83. The van der Waals surface area contributed by atoms with Crippen LogP contribution < -0.4 is 0 Å². The fourth-order valence-electron chi connectivity index (χ4n) is 8.41. The average molecular weight is 764 g/mol. The molecule has 1 heterocycles. The first-order valence-electron chi connectivity index (χ1n) is 20.3. The molecule has 3 nitrogen and oxygen atoms in total. The lowest BCUT2D eigenvalue weighted by molar-refractivity contribution is 1.07. The van der Waals surface area contributed by atoms with Gasteiger partial charge in [-0.3, -0.25) is 0 Å². The molecule has 60 heavy (non-hydrogen) atoms. The summed E-state index contributed by atoms with van der Waals surface area (Å²) in [4.78, 5) is 15.6. The van der Waals surface area contributed by atoms with Crippen molar-refractivity contribution in [1.29, 1.82) is 0 Å². The second kappa shape index (κ2) is 15.1. The lowest BCUT2D eigenvalue weighted by Crippen LogP contribution is -2.01. The van der Waals surface area contributed by atoms with Crippen LogP contribution in [-0.2, 0) is 0 Å². The Hall–Kier alpha value is -8.01. The van der Waals surface area contributed by atoms with Crippen LogP contribution in [0.5, 0.6) is 0 Å². The van der Waals surface area contributed by atoms with Crippen LogP contribution in [0, 0.1) is 0 Å². The third-order valence-electron chi connectivity index (χ3n) is 11.5. The number of fused-ring (bicyclic) bond motifs is 3. The van der Waals surface area contributed by atoms with Crippen molar-refractivity contribution in [3.8, 4) is 78.7 Å². The van der Waals surface area contributed by atoms with Crippen molar-refractivity contribution in [2.24, 2.45) is 0 Å². The van der Waals surface area contributed by atoms with Crippen molar-refractivity contribution in [1.82, 2.24) is 15.0 Å². The van der Waals surface area contributed by atoms with Gasteiger partial charge < -0.3 is 0 Å². The second-order valence-electron chi connectivity index (χ2n) is 15.2. The molecule has 280 valence electrons. The molecule has 0 saturated heterocycles. The molecule has 0 atom stereocenters. The minimum absolute atomic E-state index is 0.623. The van der Waals surface area contributed by atoms with E-state index < -0.39 is 0 Å². The van der Waals surface area contributed by atoms with Gasteiger partial charge in [-0.15, -0.1) is 0 Å². The topological polar surface area (TPSA) is 38.7 Å². The fraction of sp³-hybridized carbons (Fsp3) is 0. The molecule has 11 aromatic rings. The maximum absolute atomic E-state index is 5.22. The maximum atomic E-state index is 5.22. The molecule has 0 spiro atoms. The van der Waals surface area contributed by atoms with Crippen LogP contribution in [0.1, 0.15) is 0 Å². The number of nitrogens with zero attached hydrogens (tertiary/aromatic N) is 3. The first-order chi connectivity index (χ1) is 29.7. The quantitative estimate of drug-likeness (QED) is 0.162. The summed E-state index contributed by atoms with van der Waals surface area (Å²) in [6.45, 7) is 0. The molecule has 10 aromatic carbocycles. The van der Waals surface area contributed by atoms with Crippen LogP contribution in [0.2, 0.25) is 0 Å². The second-order valence-corrected chi connectivity index (χ2v) is 15.2. The Balaban J connectivity index is 1.01. The minimum atomic E-state index is 0.623. The third-order valence-corrected chi connectivity index (χ3v) is 11.5. The molecule has 11 rings (SSSR count). The molecule has 0 bridgehead atoms. The summed E-state index contributed by atoms with van der Waals surface area (Å²) in [7, 11) is 0. The summed E-state index contributed by atoms with van der Waals surface area (Å²) in [6, 6.07) is 79.6. The van der Waals surface area contributed by atoms with Gasteiger partial charge in [-0.1, -0.05) is 194 Å². The highest BCUT2D eigenvalue weighted by atomic mass is 15.0. The summed E-state index contributed by atoms with van der Waals surface area (Å²) < 4.78 is 0. The van der Waals surface area contributed by atoms with Crippen molar-refractivity contribution in [2.75, 3.05) is 0 Å². The monoisotopic (exact) mass is 763 g/mol. The molecule has 0 fully saturated rings. The molecule has 0 N–H and O–H groups in total. The predicted octanol–water partition coefficient (Wildman–Crippen LogP) is 15.0. The van der Waals surface area contributed by atoms with Crippen molar-refractivity contribution in [2.45, 2.75) is 0 Å². The summed E-state index contributed by atoms with van der Waals surface area (Å²) in [5, 5.41) is 7.20. The number of hydrogen-bond donors (Lipinski definition) is 0. The summed E-state index contributed by atoms with van der Waals surface area (Å²) in [6.07, 6.45) is 0. The van der Waals surface area contributed by atoms with Gasteiger partial charge >= 0.3 is 0 Å². The zero-order valence-corrected chi connectivity index (χ0v) is 32.7. The fourth-order valence-corrected chi connectivity index (χ4v) is 8.41. The van der Waals surface area contributed by atoms with Crippen molar-refractivity contribution < 1.29 is 0 Å². The SMILES string of the molecule is c1ccc(-c2ccc3ccc(-c4nc(-c5cccc(-c6ccc7cc(-c8cccc9ccccc89)ccc7c6)c5)nc(-c5ccccc5-c5ccccc5)n4)cc3c2)cc1. The van der Waals surface area contributed by atoms with Gasteiger partial charge in [0.05, 0.1) is 0 Å². The van der Waals surface area contributed by atoms with Gasteiger partial charge in [0.25, 0.3) is 0 Å². The van der Waals surface area contributed by atoms with E-state index in [9.17, 15) is 0 Å². The molecule has 1 aromatic heterocycles. The Bertz CT molecular complexity index is 3370. The van der Waals surface area contributed by atoms with Gasteiger partial charge in [-0.25, -0.2) is 15.0 Å². The molecule has 0 saturated carbocycles. The zero-order valence-electron chi connectivity index (χ0n) is 32.7. The minimum Gasteiger partial charge on any atom is -0.208 e. The van der Waals surface area contributed by atoms with E-state index in [1.54, 1.807) is 0 Å². The zero-order chi connectivity index (χ0) is 39.8. The molecule has 3 heteroatoms. The number of hydrogen-bond acceptors (Lipinski definition) is 3. The van der Waals surface area contributed by atoms with Crippen LogP contribution >= 0.6 is 0 Å². The number of aromatic nitrogens is 3. The molecular formula is C57H37N3. The van der Waals surface area contributed by atoms with E-state index in [0.717, 1.165) is 49.7 Å². The van der Waals surface area contributed by atoms with Crippen LogP contribution in [0.4, 0.5) is 0 Å². The third kappa shape index (κ3) is 6.68. The van der Waals surface area contributed by atoms with Gasteiger partial charge in [-0.2, -0.15) is 0 Å². The van der Waals surface area contributed by atoms with Crippen LogP contribution in [0.3, 0.4) is 0 Å². The van der Waals surface area contributed by atoms with Gasteiger partial charge in [0.2, 0.25) is 0 Å². The van der Waals surface area contributed by atoms with E-state index in [0.29, 0.717) is 17.5 Å². The van der Waals surface area contributed by atoms with E-state index in [2.05, 4.69) is 218 Å². The number of benzene rings is 10. The molecule has 0 aliphatic rings. The normalized spacial score (nSPS) is 11.3. The predicted molar refractivity (Wildman–Crippen MR) is 250 cm³/mol. The van der Waals surface area contributed by atoms with E-state index in [1.807, 2.05) is 6.07 Å². The summed E-state index contributed by atoms with van der Waals surface area (Å²) in [5.41, 5.74) is 12.0. The molecule has 0 amide bonds. The highest BCUT2D eigenvalue weighted by Crippen LogP contribution is 2.36. The van der Waals surface area contributed by atoms with Crippen LogP contribution in [0.15, 0.2) is 224 Å². The smallest absolute Gasteiger partial charge is 0.164 e. The van der Waals surface area contributed by atoms with Crippen molar-refractivity contribution >= 4 is 32.3 Å². The Morgan fingerprint density at radius 2 is 0.650 bits per heavy atom. The molecular weight excluding hydrogens is 727 g/mol. The Labute approximate surface area is 349 Å². The number of rotatable bonds is 7. The summed E-state index contributed by atoms with van der Waals surface area (Å²) >= 11 is 0. The lowest BCUT2D eigenvalue weighted by Gasteiger charge is -2.13. The Morgan fingerprint density at radius 1 is 0.200 bits per heavy atom. The van der Waals surface area contributed by atoms with E-state index in [-0.39, 0.29) is 0 Å². The Morgan fingerprint density at radius 3 is 1.43 bits per heavy atom. The molecule has 0 radical (unpaired) electrons. The highest BCUT2D eigenvalue weighted by molar-refractivity contribution is 6.00. The first kappa shape index (κ1) is 35.2. The van der Waals surface area contributed by atoms with Gasteiger partial charge in [0.1, 0.15) is 0 Å². The maximum Gasteiger partial charge on any atom is 0.164 e. The van der Waals surface area contributed by atoms with Gasteiger partial charge in [-0.05, 0) is 107 Å². The largest absolute Gasteiger partial charge is 0.208 e. The lowest BCUT2D eigenvalue weighted by atomic mass is 9.94. The van der Waals surface area contributed by atoms with E-state index in [4.69, 9.17) is 15.0 Å². The van der Waals surface area contributed by atoms with Gasteiger partial charge in [0, 0.05) is 16.7 Å². The van der Waals surface area contributed by atoms with Crippen molar-refractivity contribution in [3.05, 3.63) is 224 Å². The van der Waals surface area contributed by atoms with E-state index in [1.165, 1.54) is 43.8 Å². The average Bonchev–Trinajstić information content (AvgIpc) is 3.33. The van der Waals surface area contributed by atoms with E-state index >= 15 is 0 Å². The molecule has 0 aliphatic heterocycles. The van der Waals surface area contributed by atoms with Crippen LogP contribution in [-0.4, -0.2) is 15.0 Å². The molecule has 0 unspecified atom stereocenters. The standard InChI is InChI=1S/C57H37N3/c1-3-13-38(14-4-1)43-27-25-39-26-32-49(37-50(39)36-43)56-58-55(59-57(60-56)54-23-10-9-22-52(54)40-15-5-2-6-16-40)48-20-11-19-42(35-48)44-28-29-46-34-47(31-30-45(46)33-44)53-24-12-18-41-17-7-8-21-51(41)53/h1-37H. The molecule has 0 aliphatic carbocycles. The summed E-state index contributed by atoms with van der Waals surface area (Å²) in [5.74, 6) is 1.88. The highest BCUT2D eigenvalue weighted by Gasteiger charge is 2.17.